The van der Waals surface area contributed by atoms with Gasteiger partial charge in [-0.2, -0.15) is 0 Å². The third kappa shape index (κ3) is 3.73. The second-order valence-electron chi connectivity index (χ2n) is 5.40. The van der Waals surface area contributed by atoms with E-state index in [1.54, 1.807) is 6.33 Å². The SMILES string of the molecule is CCCCN(c1ccccc1)c1ncnc(Cl)c1C(C)C. The van der Waals surface area contributed by atoms with Gasteiger partial charge in [-0.3, -0.25) is 0 Å². The third-order valence-corrected chi connectivity index (χ3v) is 3.75. The van der Waals surface area contributed by atoms with E-state index in [1.807, 2.05) is 18.2 Å². The average Bonchev–Trinajstić information content (AvgIpc) is 2.48. The maximum Gasteiger partial charge on any atom is 0.141 e. The van der Waals surface area contributed by atoms with Crippen molar-refractivity contribution >= 4 is 23.1 Å². The Hall–Kier alpha value is -1.61. The minimum Gasteiger partial charge on any atom is -0.326 e. The lowest BCUT2D eigenvalue weighted by molar-refractivity contribution is 0.763. The number of benzene rings is 1. The van der Waals surface area contributed by atoms with Gasteiger partial charge in [0.2, 0.25) is 0 Å². The summed E-state index contributed by atoms with van der Waals surface area (Å²) in [6, 6.07) is 10.3. The molecule has 2 rings (SSSR count). The fourth-order valence-electron chi connectivity index (χ4n) is 2.36. The number of aromatic nitrogens is 2. The molecule has 0 atom stereocenters. The number of hydrogen-bond donors (Lipinski definition) is 0. The number of rotatable bonds is 6. The van der Waals surface area contributed by atoms with Crippen molar-refractivity contribution in [3.63, 3.8) is 0 Å². The Bertz CT molecular complexity index is 570. The molecule has 0 saturated heterocycles. The van der Waals surface area contributed by atoms with Crippen molar-refractivity contribution in [1.29, 1.82) is 0 Å². The number of para-hydroxylation sites is 1. The van der Waals surface area contributed by atoms with Gasteiger partial charge in [0, 0.05) is 17.8 Å². The highest BCUT2D eigenvalue weighted by Crippen LogP contribution is 2.34. The maximum atomic E-state index is 6.31. The van der Waals surface area contributed by atoms with Crippen molar-refractivity contribution in [1.82, 2.24) is 9.97 Å². The second-order valence-corrected chi connectivity index (χ2v) is 5.76. The van der Waals surface area contributed by atoms with Gasteiger partial charge in [-0.05, 0) is 24.5 Å². The molecular weight excluding hydrogens is 282 g/mol. The first-order valence-electron chi connectivity index (χ1n) is 7.48. The van der Waals surface area contributed by atoms with Gasteiger partial charge in [0.05, 0.1) is 0 Å². The summed E-state index contributed by atoms with van der Waals surface area (Å²) in [5.74, 6) is 1.20. The summed E-state index contributed by atoms with van der Waals surface area (Å²) in [6.45, 7) is 7.36. The molecule has 0 aliphatic heterocycles. The van der Waals surface area contributed by atoms with Crippen molar-refractivity contribution in [3.8, 4) is 0 Å². The Balaban J connectivity index is 2.49. The molecule has 0 unspecified atom stereocenters. The molecule has 0 amide bonds. The molecule has 0 N–H and O–H groups in total. The highest BCUT2D eigenvalue weighted by molar-refractivity contribution is 6.30. The van der Waals surface area contributed by atoms with Crippen LogP contribution in [-0.4, -0.2) is 16.5 Å². The molecule has 4 heteroatoms. The molecule has 2 aromatic rings. The fraction of sp³-hybridized carbons (Fsp3) is 0.412. The highest BCUT2D eigenvalue weighted by Gasteiger charge is 2.19. The van der Waals surface area contributed by atoms with Crippen molar-refractivity contribution in [2.75, 3.05) is 11.4 Å². The molecular formula is C17H22ClN3. The molecule has 0 bridgehead atoms. The van der Waals surface area contributed by atoms with E-state index in [1.165, 1.54) is 0 Å². The lowest BCUT2D eigenvalue weighted by Crippen LogP contribution is -2.22. The maximum absolute atomic E-state index is 6.31. The first kappa shape index (κ1) is 15.8. The largest absolute Gasteiger partial charge is 0.326 e. The van der Waals surface area contributed by atoms with Crippen LogP contribution in [0.25, 0.3) is 0 Å². The Kier molecular flexibility index (Phi) is 5.57. The van der Waals surface area contributed by atoms with Crippen LogP contribution in [0.3, 0.4) is 0 Å². The Labute approximate surface area is 132 Å². The van der Waals surface area contributed by atoms with Gasteiger partial charge in [-0.15, -0.1) is 0 Å². The van der Waals surface area contributed by atoms with Gasteiger partial charge >= 0.3 is 0 Å². The second kappa shape index (κ2) is 7.41. The van der Waals surface area contributed by atoms with Crippen molar-refractivity contribution in [2.24, 2.45) is 0 Å². The van der Waals surface area contributed by atoms with Crippen molar-refractivity contribution < 1.29 is 0 Å². The molecule has 0 aliphatic carbocycles. The zero-order valence-corrected chi connectivity index (χ0v) is 13.6. The van der Waals surface area contributed by atoms with Gasteiger partial charge in [0.15, 0.2) is 0 Å². The summed E-state index contributed by atoms with van der Waals surface area (Å²) in [5, 5.41) is 0.549. The number of hydrogen-bond acceptors (Lipinski definition) is 3. The molecule has 0 aliphatic rings. The smallest absolute Gasteiger partial charge is 0.141 e. The zero-order chi connectivity index (χ0) is 15.2. The average molecular weight is 304 g/mol. The van der Waals surface area contributed by atoms with E-state index in [0.717, 1.165) is 36.5 Å². The first-order valence-corrected chi connectivity index (χ1v) is 7.86. The van der Waals surface area contributed by atoms with E-state index >= 15 is 0 Å². The molecule has 3 nitrogen and oxygen atoms in total. The molecule has 0 fully saturated rings. The third-order valence-electron chi connectivity index (χ3n) is 3.45. The summed E-state index contributed by atoms with van der Waals surface area (Å²) < 4.78 is 0. The van der Waals surface area contributed by atoms with E-state index in [0.29, 0.717) is 5.15 Å². The van der Waals surface area contributed by atoms with Crippen LogP contribution in [0, 0.1) is 0 Å². The van der Waals surface area contributed by atoms with Crippen molar-refractivity contribution in [2.45, 2.75) is 39.5 Å². The van der Waals surface area contributed by atoms with Crippen LogP contribution >= 0.6 is 11.6 Å². The minimum absolute atomic E-state index is 0.279. The molecule has 112 valence electrons. The molecule has 1 aromatic heterocycles. The molecule has 21 heavy (non-hydrogen) atoms. The lowest BCUT2D eigenvalue weighted by Gasteiger charge is -2.27. The topological polar surface area (TPSA) is 29.0 Å². The fourth-order valence-corrected chi connectivity index (χ4v) is 2.70. The first-order chi connectivity index (χ1) is 10.1. The van der Waals surface area contributed by atoms with Crippen LogP contribution < -0.4 is 4.90 Å². The summed E-state index contributed by atoms with van der Waals surface area (Å²) in [5.41, 5.74) is 2.15. The van der Waals surface area contributed by atoms with Gasteiger partial charge < -0.3 is 4.90 Å². The van der Waals surface area contributed by atoms with E-state index in [-0.39, 0.29) is 5.92 Å². The number of halogens is 1. The monoisotopic (exact) mass is 303 g/mol. The summed E-state index contributed by atoms with van der Waals surface area (Å²) in [7, 11) is 0. The molecule has 0 spiro atoms. The molecule has 1 heterocycles. The van der Waals surface area contributed by atoms with Crippen LogP contribution in [0.1, 0.15) is 45.1 Å². The highest BCUT2D eigenvalue weighted by atomic mass is 35.5. The van der Waals surface area contributed by atoms with Crippen LogP contribution in [0.5, 0.6) is 0 Å². The summed E-state index contributed by atoms with van der Waals surface area (Å²) >= 11 is 6.31. The lowest BCUT2D eigenvalue weighted by atomic mass is 10.0. The predicted octanol–water partition coefficient (Wildman–Crippen LogP) is 5.19. The van der Waals surface area contributed by atoms with Gasteiger partial charge in [-0.1, -0.05) is 57.0 Å². The van der Waals surface area contributed by atoms with E-state index in [4.69, 9.17) is 11.6 Å². The molecule has 0 radical (unpaired) electrons. The van der Waals surface area contributed by atoms with Gasteiger partial charge in [0.25, 0.3) is 0 Å². The predicted molar refractivity (Wildman–Crippen MR) is 89.5 cm³/mol. The zero-order valence-electron chi connectivity index (χ0n) is 12.9. The molecule has 1 aromatic carbocycles. The van der Waals surface area contributed by atoms with Crippen molar-refractivity contribution in [3.05, 3.63) is 47.4 Å². The minimum atomic E-state index is 0.279. The van der Waals surface area contributed by atoms with E-state index in [2.05, 4.69) is 47.8 Å². The van der Waals surface area contributed by atoms with Crippen LogP contribution in [-0.2, 0) is 0 Å². The summed E-state index contributed by atoms with van der Waals surface area (Å²) in [6.07, 6.45) is 3.79. The molecule has 0 saturated carbocycles. The van der Waals surface area contributed by atoms with Crippen LogP contribution in [0.15, 0.2) is 36.7 Å². The number of nitrogens with zero attached hydrogens (tertiary/aromatic N) is 3. The Morgan fingerprint density at radius 2 is 1.86 bits per heavy atom. The quantitative estimate of drug-likeness (QED) is 0.687. The Morgan fingerprint density at radius 1 is 1.14 bits per heavy atom. The van der Waals surface area contributed by atoms with Crippen LogP contribution in [0.4, 0.5) is 11.5 Å². The van der Waals surface area contributed by atoms with Crippen LogP contribution in [0.2, 0.25) is 5.15 Å². The van der Waals surface area contributed by atoms with Gasteiger partial charge in [0.1, 0.15) is 17.3 Å². The van der Waals surface area contributed by atoms with Gasteiger partial charge in [-0.25, -0.2) is 9.97 Å². The van der Waals surface area contributed by atoms with E-state index < -0.39 is 0 Å². The van der Waals surface area contributed by atoms with E-state index in [9.17, 15) is 0 Å². The number of unbranched alkanes of at least 4 members (excludes halogenated alkanes) is 1. The summed E-state index contributed by atoms with van der Waals surface area (Å²) in [4.78, 5) is 10.9. The number of anilines is 2. The Morgan fingerprint density at radius 3 is 2.48 bits per heavy atom. The standard InChI is InChI=1S/C17H22ClN3/c1-4-5-11-21(14-9-7-6-8-10-14)17-15(13(2)3)16(18)19-12-20-17/h6-10,12-13H,4-5,11H2,1-3H3. The normalized spacial score (nSPS) is 10.9.